The van der Waals surface area contributed by atoms with E-state index in [2.05, 4.69) is 21.9 Å². The highest BCUT2D eigenvalue weighted by Crippen LogP contribution is 2.29. The van der Waals surface area contributed by atoms with Crippen molar-refractivity contribution in [3.05, 3.63) is 28.5 Å². The largest absolute Gasteiger partial charge is 0.320 e. The number of hydrogen-bond acceptors (Lipinski definition) is 5. The Balaban J connectivity index is 2.40. The number of nitrogens with zero attached hydrogens (tertiary/aromatic N) is 3. The van der Waals surface area contributed by atoms with Gasteiger partial charge in [0.15, 0.2) is 0 Å². The van der Waals surface area contributed by atoms with Crippen LogP contribution in [0.15, 0.2) is 17.8 Å². The summed E-state index contributed by atoms with van der Waals surface area (Å²) in [5, 5.41) is 2.94. The third-order valence-corrected chi connectivity index (χ3v) is 3.97. The standard InChI is InChI=1S/C12H16N4S/c1-4-12(3,13)11-16-9(7-17-11)10-8(2)14-5-6-15-10/h5-7H,4,13H2,1-3H3. The van der Waals surface area contributed by atoms with Gasteiger partial charge in [0.25, 0.3) is 0 Å². The third-order valence-electron chi connectivity index (χ3n) is 2.85. The zero-order chi connectivity index (χ0) is 12.5. The molecule has 0 aliphatic heterocycles. The van der Waals surface area contributed by atoms with Crippen molar-refractivity contribution in [1.29, 1.82) is 0 Å². The van der Waals surface area contributed by atoms with Crippen LogP contribution in [0.25, 0.3) is 11.4 Å². The predicted octanol–water partition coefficient (Wildman–Crippen LogP) is 2.49. The Labute approximate surface area is 105 Å². The molecule has 0 spiro atoms. The molecular weight excluding hydrogens is 232 g/mol. The zero-order valence-corrected chi connectivity index (χ0v) is 11.1. The molecule has 0 bridgehead atoms. The first kappa shape index (κ1) is 12.1. The van der Waals surface area contributed by atoms with Gasteiger partial charge in [-0.3, -0.25) is 9.97 Å². The quantitative estimate of drug-likeness (QED) is 0.906. The summed E-state index contributed by atoms with van der Waals surface area (Å²) < 4.78 is 0. The maximum atomic E-state index is 6.18. The van der Waals surface area contributed by atoms with Crippen LogP contribution >= 0.6 is 11.3 Å². The molecule has 0 aliphatic carbocycles. The lowest BCUT2D eigenvalue weighted by molar-refractivity contribution is 0.474. The van der Waals surface area contributed by atoms with E-state index < -0.39 is 0 Å². The summed E-state index contributed by atoms with van der Waals surface area (Å²) in [6.07, 6.45) is 4.23. The Morgan fingerprint density at radius 1 is 1.35 bits per heavy atom. The fourth-order valence-corrected chi connectivity index (χ4v) is 2.41. The van der Waals surface area contributed by atoms with Gasteiger partial charge in [0.2, 0.25) is 0 Å². The molecule has 1 unspecified atom stereocenters. The second-order valence-corrected chi connectivity index (χ2v) is 5.16. The average Bonchev–Trinajstić information content (AvgIpc) is 2.79. The molecule has 2 N–H and O–H groups in total. The van der Waals surface area contributed by atoms with Crippen LogP contribution in [0.5, 0.6) is 0 Å². The molecule has 0 radical (unpaired) electrons. The normalized spacial score (nSPS) is 14.6. The molecule has 0 aliphatic rings. The summed E-state index contributed by atoms with van der Waals surface area (Å²) in [5.41, 5.74) is 8.40. The van der Waals surface area contributed by atoms with Crippen LogP contribution < -0.4 is 5.73 Å². The number of rotatable bonds is 3. The van der Waals surface area contributed by atoms with Crippen LogP contribution in [-0.4, -0.2) is 15.0 Å². The molecule has 4 nitrogen and oxygen atoms in total. The number of thiazole rings is 1. The van der Waals surface area contributed by atoms with E-state index in [9.17, 15) is 0 Å². The molecule has 2 aromatic rings. The van der Waals surface area contributed by atoms with Gasteiger partial charge in [0.1, 0.15) is 16.4 Å². The van der Waals surface area contributed by atoms with Crippen molar-refractivity contribution in [3.8, 4) is 11.4 Å². The van der Waals surface area contributed by atoms with Gasteiger partial charge in [-0.2, -0.15) is 0 Å². The lowest BCUT2D eigenvalue weighted by Gasteiger charge is -2.18. The first-order valence-corrected chi connectivity index (χ1v) is 6.45. The second kappa shape index (κ2) is 4.50. The van der Waals surface area contributed by atoms with Crippen LogP contribution in [-0.2, 0) is 5.54 Å². The Morgan fingerprint density at radius 3 is 2.71 bits per heavy atom. The predicted molar refractivity (Wildman–Crippen MR) is 69.7 cm³/mol. The molecule has 17 heavy (non-hydrogen) atoms. The number of aromatic nitrogens is 3. The van der Waals surface area contributed by atoms with Crippen molar-refractivity contribution < 1.29 is 0 Å². The summed E-state index contributed by atoms with van der Waals surface area (Å²) >= 11 is 1.58. The number of hydrogen-bond donors (Lipinski definition) is 1. The molecule has 0 saturated carbocycles. The van der Waals surface area contributed by atoms with Crippen LogP contribution in [0, 0.1) is 6.92 Å². The van der Waals surface area contributed by atoms with Crippen molar-refractivity contribution >= 4 is 11.3 Å². The van der Waals surface area contributed by atoms with Gasteiger partial charge >= 0.3 is 0 Å². The van der Waals surface area contributed by atoms with E-state index in [1.54, 1.807) is 23.7 Å². The second-order valence-electron chi connectivity index (χ2n) is 4.30. The molecule has 5 heteroatoms. The molecule has 0 saturated heterocycles. The topological polar surface area (TPSA) is 64.7 Å². The molecule has 2 rings (SSSR count). The highest BCUT2D eigenvalue weighted by atomic mass is 32.1. The fourth-order valence-electron chi connectivity index (χ4n) is 1.46. The molecule has 0 fully saturated rings. The molecule has 90 valence electrons. The van der Waals surface area contributed by atoms with Gasteiger partial charge in [0.05, 0.1) is 11.2 Å². The molecule has 2 aromatic heterocycles. The maximum Gasteiger partial charge on any atom is 0.113 e. The highest BCUT2D eigenvalue weighted by Gasteiger charge is 2.23. The Bertz CT molecular complexity index is 519. The van der Waals surface area contributed by atoms with Crippen LogP contribution in [0.4, 0.5) is 0 Å². The summed E-state index contributed by atoms with van der Waals surface area (Å²) in [5.74, 6) is 0. The minimum absolute atomic E-state index is 0.362. The molecule has 0 aromatic carbocycles. The first-order valence-electron chi connectivity index (χ1n) is 5.57. The SMILES string of the molecule is CCC(C)(N)c1nc(-c2nccnc2C)cs1. The van der Waals surface area contributed by atoms with Crippen LogP contribution in [0.1, 0.15) is 31.0 Å². The van der Waals surface area contributed by atoms with Gasteiger partial charge in [-0.15, -0.1) is 11.3 Å². The maximum absolute atomic E-state index is 6.18. The number of nitrogens with two attached hydrogens (primary N) is 1. The van der Waals surface area contributed by atoms with Gasteiger partial charge < -0.3 is 5.73 Å². The molecule has 1 atom stereocenters. The van der Waals surface area contributed by atoms with Crippen molar-refractivity contribution in [1.82, 2.24) is 15.0 Å². The van der Waals surface area contributed by atoms with E-state index in [0.717, 1.165) is 28.5 Å². The van der Waals surface area contributed by atoms with Crippen molar-refractivity contribution in [2.24, 2.45) is 5.73 Å². The molecular formula is C12H16N4S. The first-order chi connectivity index (χ1) is 8.04. The summed E-state index contributed by atoms with van der Waals surface area (Å²) in [6, 6.07) is 0. The Kier molecular flexibility index (Phi) is 3.22. The van der Waals surface area contributed by atoms with E-state index in [4.69, 9.17) is 5.73 Å². The van der Waals surface area contributed by atoms with Gasteiger partial charge in [-0.05, 0) is 20.3 Å². The van der Waals surface area contributed by atoms with E-state index in [1.807, 2.05) is 19.2 Å². The van der Waals surface area contributed by atoms with E-state index in [-0.39, 0.29) is 5.54 Å². The molecule has 2 heterocycles. The van der Waals surface area contributed by atoms with Crippen molar-refractivity contribution in [3.63, 3.8) is 0 Å². The van der Waals surface area contributed by atoms with Gasteiger partial charge in [-0.1, -0.05) is 6.92 Å². The summed E-state index contributed by atoms with van der Waals surface area (Å²) in [6.45, 7) is 6.00. The lowest BCUT2D eigenvalue weighted by atomic mass is 10.0. The smallest absolute Gasteiger partial charge is 0.113 e. The van der Waals surface area contributed by atoms with Crippen molar-refractivity contribution in [2.45, 2.75) is 32.7 Å². The summed E-state index contributed by atoms with van der Waals surface area (Å²) in [4.78, 5) is 13.1. The minimum Gasteiger partial charge on any atom is -0.320 e. The Morgan fingerprint density at radius 2 is 2.06 bits per heavy atom. The number of aryl methyl sites for hydroxylation is 1. The van der Waals surface area contributed by atoms with Crippen molar-refractivity contribution in [2.75, 3.05) is 0 Å². The highest BCUT2D eigenvalue weighted by molar-refractivity contribution is 7.10. The van der Waals surface area contributed by atoms with Crippen LogP contribution in [0.3, 0.4) is 0 Å². The lowest BCUT2D eigenvalue weighted by Crippen LogP contribution is -2.31. The average molecular weight is 248 g/mol. The zero-order valence-electron chi connectivity index (χ0n) is 10.3. The van der Waals surface area contributed by atoms with E-state index in [0.29, 0.717) is 0 Å². The Hall–Kier alpha value is -1.33. The van der Waals surface area contributed by atoms with E-state index in [1.165, 1.54) is 0 Å². The van der Waals surface area contributed by atoms with Crippen LogP contribution in [0.2, 0.25) is 0 Å². The molecule has 0 amide bonds. The van der Waals surface area contributed by atoms with Gasteiger partial charge in [0, 0.05) is 17.8 Å². The minimum atomic E-state index is -0.362. The fraction of sp³-hybridized carbons (Fsp3) is 0.417. The monoisotopic (exact) mass is 248 g/mol. The third kappa shape index (κ3) is 2.35. The summed E-state index contributed by atoms with van der Waals surface area (Å²) in [7, 11) is 0. The van der Waals surface area contributed by atoms with E-state index >= 15 is 0 Å². The van der Waals surface area contributed by atoms with Gasteiger partial charge in [-0.25, -0.2) is 4.98 Å².